The molecule has 0 fully saturated rings. The number of nitrogens with one attached hydrogen (secondary N) is 1. The molecule has 0 saturated heterocycles. The Morgan fingerprint density at radius 3 is 2.80 bits per heavy atom. The Balaban J connectivity index is 2.05. The van der Waals surface area contributed by atoms with Crippen LogP contribution in [-0.2, 0) is 16.4 Å². The highest BCUT2D eigenvalue weighted by atomic mass is 32.2. The number of aryl methyl sites for hydroxylation is 1. The maximum Gasteiger partial charge on any atom is 0.211 e. The molecule has 0 aliphatic rings. The first-order valence-corrected chi connectivity index (χ1v) is 8.84. The van der Waals surface area contributed by atoms with Crippen molar-refractivity contribution in [1.82, 2.24) is 14.7 Å². The van der Waals surface area contributed by atoms with Crippen molar-refractivity contribution in [2.24, 2.45) is 0 Å². The number of sulfonamides is 1. The van der Waals surface area contributed by atoms with Gasteiger partial charge in [-0.3, -0.25) is 4.98 Å². The average Bonchev–Trinajstić information content (AvgIpc) is 2.81. The largest absolute Gasteiger partial charge is 0.254 e. The molecule has 5 nitrogen and oxygen atoms in total. The van der Waals surface area contributed by atoms with E-state index in [1.165, 1.54) is 0 Å². The number of aromatic nitrogens is 2. The molecule has 108 valence electrons. The lowest BCUT2D eigenvalue weighted by Crippen LogP contribution is -2.27. The number of thiazole rings is 1. The van der Waals surface area contributed by atoms with Gasteiger partial charge in [-0.1, -0.05) is 6.07 Å². The quantitative estimate of drug-likeness (QED) is 0.885. The van der Waals surface area contributed by atoms with Gasteiger partial charge in [0.2, 0.25) is 10.0 Å². The summed E-state index contributed by atoms with van der Waals surface area (Å²) in [5.41, 5.74) is 1.78. The van der Waals surface area contributed by atoms with Crippen LogP contribution in [0.25, 0.3) is 10.7 Å². The Labute approximate surface area is 123 Å². The van der Waals surface area contributed by atoms with E-state index in [2.05, 4.69) is 14.7 Å². The predicted molar refractivity (Wildman–Crippen MR) is 81.2 cm³/mol. The molecule has 0 atom stereocenters. The van der Waals surface area contributed by atoms with Crippen LogP contribution in [0.1, 0.15) is 17.5 Å². The van der Waals surface area contributed by atoms with Crippen LogP contribution in [0.2, 0.25) is 0 Å². The van der Waals surface area contributed by atoms with Crippen molar-refractivity contribution in [2.45, 2.75) is 20.3 Å². The second-order valence-electron chi connectivity index (χ2n) is 4.29. The fraction of sp³-hybridized carbons (Fsp3) is 0.385. The first-order valence-electron chi connectivity index (χ1n) is 6.37. The van der Waals surface area contributed by atoms with Crippen molar-refractivity contribution in [3.8, 4) is 10.7 Å². The number of hydrogen-bond donors (Lipinski definition) is 1. The molecule has 0 aromatic carbocycles. The summed E-state index contributed by atoms with van der Waals surface area (Å²) < 4.78 is 25.3. The van der Waals surface area contributed by atoms with Crippen LogP contribution in [0, 0.1) is 6.92 Å². The minimum atomic E-state index is -3.13. The van der Waals surface area contributed by atoms with Gasteiger partial charge in [0.15, 0.2) is 0 Å². The molecule has 0 bridgehead atoms. The van der Waals surface area contributed by atoms with Crippen molar-refractivity contribution >= 4 is 21.4 Å². The third-order valence-electron chi connectivity index (χ3n) is 2.83. The predicted octanol–water partition coefficient (Wildman–Crippen LogP) is 2.00. The zero-order valence-corrected chi connectivity index (χ0v) is 13.1. The smallest absolute Gasteiger partial charge is 0.211 e. The van der Waals surface area contributed by atoms with Crippen molar-refractivity contribution in [3.05, 3.63) is 35.0 Å². The topological polar surface area (TPSA) is 72.0 Å². The van der Waals surface area contributed by atoms with E-state index in [-0.39, 0.29) is 5.75 Å². The summed E-state index contributed by atoms with van der Waals surface area (Å²) in [7, 11) is -3.13. The molecule has 20 heavy (non-hydrogen) atoms. The summed E-state index contributed by atoms with van der Waals surface area (Å²) in [6.07, 6.45) is 2.39. The minimum absolute atomic E-state index is 0.105. The summed E-state index contributed by atoms with van der Waals surface area (Å²) in [4.78, 5) is 9.86. The third kappa shape index (κ3) is 3.84. The molecule has 2 rings (SSSR count). The third-order valence-corrected chi connectivity index (χ3v) is 5.47. The summed E-state index contributed by atoms with van der Waals surface area (Å²) in [6.45, 7) is 3.97. The molecule has 2 aromatic rings. The van der Waals surface area contributed by atoms with Crippen molar-refractivity contribution in [1.29, 1.82) is 0 Å². The van der Waals surface area contributed by atoms with Gasteiger partial charge in [-0.2, -0.15) is 0 Å². The van der Waals surface area contributed by atoms with Crippen molar-refractivity contribution in [3.63, 3.8) is 0 Å². The van der Waals surface area contributed by atoms with E-state index in [0.717, 1.165) is 21.3 Å². The molecule has 7 heteroatoms. The number of pyridine rings is 1. The lowest BCUT2D eigenvalue weighted by atomic mass is 10.3. The number of nitrogens with zero attached hydrogens (tertiary/aromatic N) is 2. The molecule has 1 N–H and O–H groups in total. The maximum absolute atomic E-state index is 11.4. The molecular formula is C13H17N3O2S2. The van der Waals surface area contributed by atoms with Crippen LogP contribution < -0.4 is 4.72 Å². The normalized spacial score (nSPS) is 11.7. The van der Waals surface area contributed by atoms with Crippen LogP contribution in [0.15, 0.2) is 24.4 Å². The van der Waals surface area contributed by atoms with Gasteiger partial charge in [0, 0.05) is 17.6 Å². The van der Waals surface area contributed by atoms with E-state index < -0.39 is 10.0 Å². The Bertz CT molecular complexity index is 666. The monoisotopic (exact) mass is 311 g/mol. The lowest BCUT2D eigenvalue weighted by molar-refractivity contribution is 0.583. The molecule has 0 aliphatic carbocycles. The molecule has 2 heterocycles. The highest BCUT2D eigenvalue weighted by Crippen LogP contribution is 2.26. The van der Waals surface area contributed by atoms with Crippen molar-refractivity contribution in [2.75, 3.05) is 12.3 Å². The van der Waals surface area contributed by atoms with E-state index in [1.54, 1.807) is 24.5 Å². The summed E-state index contributed by atoms with van der Waals surface area (Å²) in [5.74, 6) is 0.105. The van der Waals surface area contributed by atoms with Gasteiger partial charge in [0.25, 0.3) is 0 Å². The first-order chi connectivity index (χ1) is 9.52. The highest BCUT2D eigenvalue weighted by molar-refractivity contribution is 7.89. The van der Waals surface area contributed by atoms with Gasteiger partial charge in [0.05, 0.1) is 17.1 Å². The van der Waals surface area contributed by atoms with Gasteiger partial charge in [-0.15, -0.1) is 11.3 Å². The first kappa shape index (κ1) is 15.1. The second-order valence-corrected chi connectivity index (χ2v) is 7.47. The maximum atomic E-state index is 11.4. The molecular weight excluding hydrogens is 294 g/mol. The number of hydrogen-bond acceptors (Lipinski definition) is 5. The summed E-state index contributed by atoms with van der Waals surface area (Å²) >= 11 is 1.56. The average molecular weight is 311 g/mol. The van der Waals surface area contributed by atoms with Crippen LogP contribution >= 0.6 is 11.3 Å². The SMILES string of the molecule is CCS(=O)(=O)NCCc1sc(-c2ccccn2)nc1C. The molecule has 0 saturated carbocycles. The summed E-state index contributed by atoms with van der Waals surface area (Å²) in [5, 5.41) is 0.872. The van der Waals surface area contributed by atoms with E-state index in [9.17, 15) is 8.42 Å². The Morgan fingerprint density at radius 2 is 2.15 bits per heavy atom. The fourth-order valence-corrected chi connectivity index (χ4v) is 3.34. The van der Waals surface area contributed by atoms with Gasteiger partial charge in [0.1, 0.15) is 5.01 Å². The molecule has 0 unspecified atom stereocenters. The van der Waals surface area contributed by atoms with E-state index in [1.807, 2.05) is 25.1 Å². The van der Waals surface area contributed by atoms with Gasteiger partial charge in [-0.25, -0.2) is 18.1 Å². The molecule has 0 radical (unpaired) electrons. The highest BCUT2D eigenvalue weighted by Gasteiger charge is 2.11. The molecule has 0 spiro atoms. The Hall–Kier alpha value is -1.31. The van der Waals surface area contributed by atoms with Crippen LogP contribution in [-0.4, -0.2) is 30.7 Å². The molecule has 2 aromatic heterocycles. The van der Waals surface area contributed by atoms with E-state index in [0.29, 0.717) is 13.0 Å². The lowest BCUT2D eigenvalue weighted by Gasteiger charge is -2.02. The zero-order chi connectivity index (χ0) is 14.6. The summed E-state index contributed by atoms with van der Waals surface area (Å²) in [6, 6.07) is 5.71. The zero-order valence-electron chi connectivity index (χ0n) is 11.5. The van der Waals surface area contributed by atoms with Crippen LogP contribution in [0.3, 0.4) is 0 Å². The molecule has 0 aliphatic heterocycles. The fourth-order valence-electron chi connectivity index (χ4n) is 1.68. The molecule has 0 amide bonds. The number of rotatable bonds is 6. The van der Waals surface area contributed by atoms with E-state index >= 15 is 0 Å². The van der Waals surface area contributed by atoms with Crippen LogP contribution in [0.4, 0.5) is 0 Å². The Morgan fingerprint density at radius 1 is 1.35 bits per heavy atom. The second kappa shape index (κ2) is 6.43. The Kier molecular flexibility index (Phi) is 4.85. The van der Waals surface area contributed by atoms with Gasteiger partial charge in [-0.05, 0) is 32.4 Å². The van der Waals surface area contributed by atoms with Gasteiger partial charge >= 0.3 is 0 Å². The van der Waals surface area contributed by atoms with Gasteiger partial charge < -0.3 is 0 Å². The van der Waals surface area contributed by atoms with E-state index in [4.69, 9.17) is 0 Å². The minimum Gasteiger partial charge on any atom is -0.254 e. The van der Waals surface area contributed by atoms with Crippen LogP contribution in [0.5, 0.6) is 0 Å². The van der Waals surface area contributed by atoms with Crippen molar-refractivity contribution < 1.29 is 8.42 Å². The standard InChI is InChI=1S/C13H17N3O2S2/c1-3-20(17,18)15-9-7-12-10(2)16-13(19-12)11-6-4-5-8-14-11/h4-6,8,15H,3,7,9H2,1-2H3.